The van der Waals surface area contributed by atoms with Crippen molar-refractivity contribution in [3.05, 3.63) is 212 Å². The molecule has 0 aliphatic carbocycles. The van der Waals surface area contributed by atoms with Gasteiger partial charge in [-0.3, -0.25) is 0 Å². The van der Waals surface area contributed by atoms with Crippen LogP contribution in [0.3, 0.4) is 0 Å². The molecule has 0 N–H and O–H groups in total. The molecule has 0 aliphatic rings. The van der Waals surface area contributed by atoms with Gasteiger partial charge in [-0.05, 0) is 106 Å². The number of anilines is 3. The molecule has 2 aromatic heterocycles. The fourth-order valence-corrected chi connectivity index (χ4v) is 8.26. The van der Waals surface area contributed by atoms with Crippen molar-refractivity contribution in [1.29, 1.82) is 0 Å². The maximum absolute atomic E-state index is 6.41. The molecule has 0 saturated heterocycles. The smallest absolute Gasteiger partial charge is 0.143 e. The fourth-order valence-electron chi connectivity index (χ4n) is 8.26. The summed E-state index contributed by atoms with van der Waals surface area (Å²) in [7, 11) is 0. The zero-order valence-electron chi connectivity index (χ0n) is 31.0. The number of nitrogens with zero attached hydrogens (tertiary/aromatic N) is 1. The van der Waals surface area contributed by atoms with Crippen LogP contribution >= 0.6 is 0 Å². The number of fused-ring (bicyclic) bond motifs is 6. The standard InChI is InChI=1S/C54H35NO2/c1-3-12-36(13-4-1)40-32-41(37-14-5-2-6-15-37)34-42(33-40)38-22-26-43(27-23-38)55(45-30-31-49-47-16-7-9-20-51(47)56-53(49)35-45)44-28-24-39(25-29-44)46-18-11-19-50-48-17-8-10-21-52(48)57-54(46)50/h1-35H. The molecular weight excluding hydrogens is 695 g/mol. The van der Waals surface area contributed by atoms with Crippen molar-refractivity contribution in [2.24, 2.45) is 0 Å². The van der Waals surface area contributed by atoms with E-state index in [1.165, 1.54) is 27.8 Å². The summed E-state index contributed by atoms with van der Waals surface area (Å²) in [5.74, 6) is 0. The van der Waals surface area contributed by atoms with Gasteiger partial charge in [-0.15, -0.1) is 0 Å². The van der Waals surface area contributed by atoms with Crippen LogP contribution in [0.15, 0.2) is 221 Å². The van der Waals surface area contributed by atoms with Gasteiger partial charge in [-0.2, -0.15) is 0 Å². The highest BCUT2D eigenvalue weighted by atomic mass is 16.3. The third-order valence-corrected chi connectivity index (χ3v) is 11.1. The Labute approximate surface area is 330 Å². The molecule has 0 bridgehead atoms. The van der Waals surface area contributed by atoms with Gasteiger partial charge in [0.25, 0.3) is 0 Å². The van der Waals surface area contributed by atoms with E-state index in [4.69, 9.17) is 8.83 Å². The normalized spacial score (nSPS) is 11.5. The van der Waals surface area contributed by atoms with Crippen molar-refractivity contribution in [3.63, 3.8) is 0 Å². The Morgan fingerprint density at radius 3 is 1.33 bits per heavy atom. The predicted octanol–water partition coefficient (Wildman–Crippen LogP) is 15.6. The molecule has 9 aromatic carbocycles. The Kier molecular flexibility index (Phi) is 7.82. The van der Waals surface area contributed by atoms with E-state index in [9.17, 15) is 0 Å². The molecule has 0 atom stereocenters. The summed E-state index contributed by atoms with van der Waals surface area (Å²) < 4.78 is 12.8. The number of furan rings is 2. The van der Waals surface area contributed by atoms with Gasteiger partial charge < -0.3 is 13.7 Å². The number of para-hydroxylation sites is 3. The van der Waals surface area contributed by atoms with Crippen molar-refractivity contribution in [2.45, 2.75) is 0 Å². The van der Waals surface area contributed by atoms with Gasteiger partial charge >= 0.3 is 0 Å². The average Bonchev–Trinajstić information content (AvgIpc) is 3.86. The summed E-state index contributed by atoms with van der Waals surface area (Å²) in [5, 5.41) is 4.47. The van der Waals surface area contributed by atoms with Crippen LogP contribution in [-0.4, -0.2) is 0 Å². The molecule has 0 amide bonds. The molecule has 0 saturated carbocycles. The minimum Gasteiger partial charge on any atom is -0.456 e. The zero-order chi connectivity index (χ0) is 37.7. The van der Waals surface area contributed by atoms with Crippen LogP contribution < -0.4 is 4.90 Å². The molecule has 0 spiro atoms. The lowest BCUT2D eigenvalue weighted by Crippen LogP contribution is -2.09. The lowest BCUT2D eigenvalue weighted by molar-refractivity contribution is 0.669. The molecule has 57 heavy (non-hydrogen) atoms. The van der Waals surface area contributed by atoms with E-state index in [1.807, 2.05) is 24.3 Å². The fraction of sp³-hybridized carbons (Fsp3) is 0. The number of hydrogen-bond acceptors (Lipinski definition) is 3. The highest BCUT2D eigenvalue weighted by Crippen LogP contribution is 2.42. The summed E-state index contributed by atoms with van der Waals surface area (Å²) >= 11 is 0. The van der Waals surface area contributed by atoms with Gasteiger partial charge in [-0.25, -0.2) is 0 Å². The maximum Gasteiger partial charge on any atom is 0.143 e. The van der Waals surface area contributed by atoms with Crippen molar-refractivity contribution in [1.82, 2.24) is 0 Å². The Hall–Kier alpha value is -7.62. The van der Waals surface area contributed by atoms with Crippen molar-refractivity contribution >= 4 is 60.9 Å². The first-order chi connectivity index (χ1) is 28.2. The molecule has 11 rings (SSSR count). The van der Waals surface area contributed by atoms with Gasteiger partial charge in [0, 0.05) is 50.2 Å². The van der Waals surface area contributed by atoms with Gasteiger partial charge in [0.1, 0.15) is 22.3 Å². The summed E-state index contributed by atoms with van der Waals surface area (Å²) in [6.45, 7) is 0. The maximum atomic E-state index is 6.41. The van der Waals surface area contributed by atoms with E-state index < -0.39 is 0 Å². The first-order valence-electron chi connectivity index (χ1n) is 19.3. The largest absolute Gasteiger partial charge is 0.456 e. The van der Waals surface area contributed by atoms with E-state index in [-0.39, 0.29) is 0 Å². The van der Waals surface area contributed by atoms with E-state index in [0.717, 1.165) is 77.6 Å². The van der Waals surface area contributed by atoms with Gasteiger partial charge in [0.15, 0.2) is 0 Å². The Bertz CT molecular complexity index is 3150. The minimum absolute atomic E-state index is 0.856. The van der Waals surface area contributed by atoms with Crippen LogP contribution in [0.1, 0.15) is 0 Å². The second-order valence-electron chi connectivity index (χ2n) is 14.5. The van der Waals surface area contributed by atoms with Crippen LogP contribution in [0.25, 0.3) is 88.4 Å². The van der Waals surface area contributed by atoms with Gasteiger partial charge in [0.05, 0.1) is 0 Å². The third-order valence-electron chi connectivity index (χ3n) is 11.1. The molecular formula is C54H35NO2. The zero-order valence-corrected chi connectivity index (χ0v) is 31.0. The van der Waals surface area contributed by atoms with Crippen LogP contribution in [0.5, 0.6) is 0 Å². The lowest BCUT2D eigenvalue weighted by Gasteiger charge is -2.26. The molecule has 0 fully saturated rings. The molecule has 3 heteroatoms. The van der Waals surface area contributed by atoms with E-state index in [0.29, 0.717) is 0 Å². The quantitative estimate of drug-likeness (QED) is 0.164. The molecule has 3 nitrogen and oxygen atoms in total. The predicted molar refractivity (Wildman–Crippen MR) is 237 cm³/mol. The Balaban J connectivity index is 1.02. The van der Waals surface area contributed by atoms with Crippen molar-refractivity contribution < 1.29 is 8.83 Å². The molecule has 268 valence electrons. The Morgan fingerprint density at radius 2 is 0.719 bits per heavy atom. The third kappa shape index (κ3) is 5.85. The molecule has 0 radical (unpaired) electrons. The average molecular weight is 730 g/mol. The summed E-state index contributed by atoms with van der Waals surface area (Å²) in [6.07, 6.45) is 0. The summed E-state index contributed by atoms with van der Waals surface area (Å²) in [6, 6.07) is 75.2. The van der Waals surface area contributed by atoms with E-state index in [1.54, 1.807) is 0 Å². The topological polar surface area (TPSA) is 29.5 Å². The molecule has 0 unspecified atom stereocenters. The van der Waals surface area contributed by atoms with Crippen LogP contribution in [-0.2, 0) is 0 Å². The number of benzene rings is 9. The lowest BCUT2D eigenvalue weighted by atomic mass is 9.93. The first kappa shape index (κ1) is 32.8. The van der Waals surface area contributed by atoms with Crippen molar-refractivity contribution in [2.75, 3.05) is 4.90 Å². The van der Waals surface area contributed by atoms with Crippen LogP contribution in [0, 0.1) is 0 Å². The SMILES string of the molecule is c1ccc(-c2cc(-c3ccccc3)cc(-c3ccc(N(c4ccc(-c5cccc6c5oc5ccccc56)cc4)c4ccc5c(c4)oc4ccccc45)cc3)c2)cc1. The number of hydrogen-bond donors (Lipinski definition) is 0. The molecule has 2 heterocycles. The van der Waals surface area contributed by atoms with Gasteiger partial charge in [-0.1, -0.05) is 140 Å². The summed E-state index contributed by atoms with van der Waals surface area (Å²) in [4.78, 5) is 2.30. The highest BCUT2D eigenvalue weighted by Gasteiger charge is 2.18. The van der Waals surface area contributed by atoms with E-state index in [2.05, 4.69) is 193 Å². The second-order valence-corrected chi connectivity index (χ2v) is 14.5. The number of rotatable bonds is 7. The van der Waals surface area contributed by atoms with Crippen molar-refractivity contribution in [3.8, 4) is 44.5 Å². The van der Waals surface area contributed by atoms with Crippen LogP contribution in [0.4, 0.5) is 17.1 Å². The second kappa shape index (κ2) is 13.6. The Morgan fingerprint density at radius 1 is 0.263 bits per heavy atom. The molecule has 0 aliphatic heterocycles. The first-order valence-corrected chi connectivity index (χ1v) is 19.3. The monoisotopic (exact) mass is 729 g/mol. The summed E-state index contributed by atoms with van der Waals surface area (Å²) in [5.41, 5.74) is 15.9. The van der Waals surface area contributed by atoms with Crippen LogP contribution in [0.2, 0.25) is 0 Å². The molecule has 11 aromatic rings. The minimum atomic E-state index is 0.856. The highest BCUT2D eigenvalue weighted by molar-refractivity contribution is 6.10. The van der Waals surface area contributed by atoms with E-state index >= 15 is 0 Å². The van der Waals surface area contributed by atoms with Gasteiger partial charge in [0.2, 0.25) is 0 Å².